The summed E-state index contributed by atoms with van der Waals surface area (Å²) >= 11 is 0. The van der Waals surface area contributed by atoms with Gasteiger partial charge in [-0.1, -0.05) is 0 Å². The molecule has 1 aromatic carbocycles. The van der Waals surface area contributed by atoms with Crippen molar-refractivity contribution in [3.05, 3.63) is 24.4 Å². The maximum absolute atomic E-state index is 5.86. The molecule has 0 unspecified atom stereocenters. The first-order valence-corrected chi connectivity index (χ1v) is 8.09. The Bertz CT molecular complexity index is 642. The first-order chi connectivity index (χ1) is 11.2. The van der Waals surface area contributed by atoms with Crippen LogP contribution >= 0.6 is 0 Å². The van der Waals surface area contributed by atoms with E-state index in [1.165, 1.54) is 0 Å². The molecule has 1 fully saturated rings. The molecule has 0 saturated carbocycles. The van der Waals surface area contributed by atoms with Crippen molar-refractivity contribution < 1.29 is 9.47 Å². The molecule has 0 atom stereocenters. The molecule has 1 aromatic heterocycles. The van der Waals surface area contributed by atoms with Gasteiger partial charge in [-0.05, 0) is 25.6 Å². The molecule has 0 radical (unpaired) electrons. The second kappa shape index (κ2) is 7.57. The molecular weight excluding hydrogens is 292 g/mol. The lowest BCUT2D eigenvalue weighted by Crippen LogP contribution is -2.44. The van der Waals surface area contributed by atoms with Crippen LogP contribution in [-0.2, 0) is 0 Å². The van der Waals surface area contributed by atoms with Crippen LogP contribution in [0.4, 0.5) is 0 Å². The summed E-state index contributed by atoms with van der Waals surface area (Å²) in [5.41, 5.74) is 0.841. The highest BCUT2D eigenvalue weighted by Gasteiger charge is 2.12. The van der Waals surface area contributed by atoms with Crippen LogP contribution in [0.2, 0.25) is 0 Å². The van der Waals surface area contributed by atoms with E-state index in [9.17, 15) is 0 Å². The fraction of sp³-hybridized carbons (Fsp3) is 0.529. The molecule has 0 aliphatic carbocycles. The van der Waals surface area contributed by atoms with Crippen molar-refractivity contribution in [2.45, 2.75) is 6.42 Å². The summed E-state index contributed by atoms with van der Waals surface area (Å²) in [6.07, 6.45) is 2.80. The van der Waals surface area contributed by atoms with Gasteiger partial charge in [-0.25, -0.2) is 4.98 Å². The van der Waals surface area contributed by atoms with Gasteiger partial charge in [0.1, 0.15) is 5.75 Å². The molecule has 0 bridgehead atoms. The van der Waals surface area contributed by atoms with Gasteiger partial charge in [0, 0.05) is 50.4 Å². The fourth-order valence-corrected chi connectivity index (χ4v) is 2.72. The summed E-state index contributed by atoms with van der Waals surface area (Å²) in [5.74, 6) is 0.844. The van der Waals surface area contributed by atoms with Gasteiger partial charge in [0.25, 0.3) is 0 Å². The summed E-state index contributed by atoms with van der Waals surface area (Å²) in [6, 6.07) is 6.26. The summed E-state index contributed by atoms with van der Waals surface area (Å²) in [5, 5.41) is 0.982. The van der Waals surface area contributed by atoms with Crippen LogP contribution in [0.25, 0.3) is 10.9 Å². The molecule has 124 valence electrons. The third-order valence-corrected chi connectivity index (χ3v) is 4.20. The van der Waals surface area contributed by atoms with E-state index < -0.39 is 0 Å². The summed E-state index contributed by atoms with van der Waals surface area (Å²) in [7, 11) is 3.75. The van der Waals surface area contributed by atoms with E-state index in [-0.39, 0.29) is 0 Å². The van der Waals surface area contributed by atoms with E-state index in [0.717, 1.165) is 62.4 Å². The van der Waals surface area contributed by atoms with Crippen LogP contribution in [-0.4, -0.2) is 73.3 Å². The molecule has 1 aliphatic heterocycles. The number of fused-ring (bicyclic) bond motifs is 1. The number of rotatable bonds is 6. The van der Waals surface area contributed by atoms with Gasteiger partial charge in [-0.2, -0.15) is 4.98 Å². The molecule has 0 N–H and O–H groups in total. The molecule has 6 nitrogen and oxygen atoms in total. The Hall–Kier alpha value is -1.92. The number of ether oxygens (including phenoxy) is 2. The molecule has 2 aromatic rings. The summed E-state index contributed by atoms with van der Waals surface area (Å²) in [4.78, 5) is 13.3. The van der Waals surface area contributed by atoms with Crippen molar-refractivity contribution in [1.82, 2.24) is 19.8 Å². The smallest absolute Gasteiger partial charge is 0.316 e. The van der Waals surface area contributed by atoms with Gasteiger partial charge in [0.2, 0.25) is 0 Å². The normalized spacial score (nSPS) is 16.6. The van der Waals surface area contributed by atoms with Gasteiger partial charge in [0.15, 0.2) is 0 Å². The Kier molecular flexibility index (Phi) is 5.25. The van der Waals surface area contributed by atoms with Gasteiger partial charge in [0.05, 0.1) is 19.2 Å². The van der Waals surface area contributed by atoms with Crippen molar-refractivity contribution in [3.63, 3.8) is 0 Å². The zero-order chi connectivity index (χ0) is 16.1. The van der Waals surface area contributed by atoms with E-state index in [2.05, 4.69) is 26.8 Å². The molecule has 0 spiro atoms. The van der Waals surface area contributed by atoms with Gasteiger partial charge in [-0.15, -0.1) is 0 Å². The van der Waals surface area contributed by atoms with Crippen LogP contribution < -0.4 is 9.47 Å². The largest absolute Gasteiger partial charge is 0.493 e. The summed E-state index contributed by atoms with van der Waals surface area (Å²) in [6.45, 7) is 6.45. The topological polar surface area (TPSA) is 50.7 Å². The van der Waals surface area contributed by atoms with Crippen LogP contribution in [0, 0.1) is 0 Å². The number of hydrogen-bond donors (Lipinski definition) is 0. The highest BCUT2D eigenvalue weighted by Crippen LogP contribution is 2.20. The molecule has 1 aliphatic rings. The standard InChI is InChI=1S/C17H24N4O2/c1-20-7-9-21(10-8-20)6-3-11-23-15-5-4-14-13-18-17(22-2)19-16(14)12-15/h4-5,12-13H,3,6-11H2,1-2H3. The van der Waals surface area contributed by atoms with Crippen molar-refractivity contribution in [1.29, 1.82) is 0 Å². The zero-order valence-electron chi connectivity index (χ0n) is 13.9. The lowest BCUT2D eigenvalue weighted by atomic mass is 10.2. The molecular formula is C17H24N4O2. The number of likely N-dealkylation sites (N-methyl/N-ethyl adjacent to an activating group) is 1. The molecule has 23 heavy (non-hydrogen) atoms. The maximum Gasteiger partial charge on any atom is 0.316 e. The van der Waals surface area contributed by atoms with Crippen molar-refractivity contribution in [3.8, 4) is 11.8 Å². The average Bonchev–Trinajstić information content (AvgIpc) is 2.59. The lowest BCUT2D eigenvalue weighted by Gasteiger charge is -2.32. The molecule has 2 heterocycles. The highest BCUT2D eigenvalue weighted by molar-refractivity contribution is 5.79. The molecule has 0 amide bonds. The minimum absolute atomic E-state index is 0.379. The van der Waals surface area contributed by atoms with Gasteiger partial charge in [-0.3, -0.25) is 0 Å². The number of methoxy groups -OCH3 is 1. The third kappa shape index (κ3) is 4.30. The molecule has 6 heteroatoms. The van der Waals surface area contributed by atoms with Crippen molar-refractivity contribution in [2.75, 3.05) is 53.5 Å². The predicted molar refractivity (Wildman–Crippen MR) is 90.1 cm³/mol. The van der Waals surface area contributed by atoms with Crippen molar-refractivity contribution in [2.24, 2.45) is 0 Å². The van der Waals surface area contributed by atoms with E-state index in [4.69, 9.17) is 9.47 Å². The molecule has 1 saturated heterocycles. The number of hydrogen-bond acceptors (Lipinski definition) is 6. The Balaban J connectivity index is 1.49. The second-order valence-corrected chi connectivity index (χ2v) is 5.92. The Labute approximate surface area is 137 Å². The number of benzene rings is 1. The number of piperazine rings is 1. The SMILES string of the molecule is COc1ncc2ccc(OCCCN3CCN(C)CC3)cc2n1. The first kappa shape index (κ1) is 16.0. The van der Waals surface area contributed by atoms with E-state index >= 15 is 0 Å². The van der Waals surface area contributed by atoms with Gasteiger partial charge < -0.3 is 19.3 Å². The minimum Gasteiger partial charge on any atom is -0.493 e. The summed E-state index contributed by atoms with van der Waals surface area (Å²) < 4.78 is 10.9. The van der Waals surface area contributed by atoms with E-state index in [1.54, 1.807) is 13.3 Å². The number of nitrogens with zero attached hydrogens (tertiary/aromatic N) is 4. The van der Waals surface area contributed by atoms with E-state index in [0.29, 0.717) is 6.01 Å². The third-order valence-electron chi connectivity index (χ3n) is 4.20. The predicted octanol–water partition coefficient (Wildman–Crippen LogP) is 1.65. The maximum atomic E-state index is 5.86. The quantitative estimate of drug-likeness (QED) is 0.756. The van der Waals surface area contributed by atoms with Crippen LogP contribution in [0.5, 0.6) is 11.8 Å². The average molecular weight is 316 g/mol. The highest BCUT2D eigenvalue weighted by atomic mass is 16.5. The van der Waals surface area contributed by atoms with Crippen LogP contribution in [0.1, 0.15) is 6.42 Å². The number of aromatic nitrogens is 2. The zero-order valence-corrected chi connectivity index (χ0v) is 13.9. The van der Waals surface area contributed by atoms with Crippen LogP contribution in [0.15, 0.2) is 24.4 Å². The van der Waals surface area contributed by atoms with Gasteiger partial charge >= 0.3 is 6.01 Å². The second-order valence-electron chi connectivity index (χ2n) is 5.92. The fourth-order valence-electron chi connectivity index (χ4n) is 2.72. The van der Waals surface area contributed by atoms with E-state index in [1.807, 2.05) is 18.2 Å². The monoisotopic (exact) mass is 316 g/mol. The van der Waals surface area contributed by atoms with Crippen molar-refractivity contribution >= 4 is 10.9 Å². The lowest BCUT2D eigenvalue weighted by molar-refractivity contribution is 0.145. The first-order valence-electron chi connectivity index (χ1n) is 8.09. The Morgan fingerprint density at radius 2 is 2.00 bits per heavy atom. The Morgan fingerprint density at radius 3 is 2.78 bits per heavy atom. The molecule has 3 rings (SSSR count). The van der Waals surface area contributed by atoms with Crippen LogP contribution in [0.3, 0.4) is 0 Å². The minimum atomic E-state index is 0.379. The Morgan fingerprint density at radius 1 is 1.17 bits per heavy atom.